The number of amides is 16. The maximum Gasteiger partial charge on any atom is 0.248 e. The molecule has 0 spiro atoms. The Morgan fingerprint density at radius 2 is 0.822 bits per heavy atom. The number of nitrogens with one attached hydrogen (secondary N) is 13. The second-order valence-corrected chi connectivity index (χ2v) is 37.4. The van der Waals surface area contributed by atoms with Crippen molar-refractivity contribution in [3.05, 3.63) is 0 Å². The lowest BCUT2D eigenvalue weighted by Crippen LogP contribution is -2.68. The number of piperidine rings is 3. The minimum Gasteiger partial charge on any atom is -0.354 e. The fourth-order valence-corrected chi connectivity index (χ4v) is 15.9. The Kier molecular flexibility index (Phi) is 36.5. The summed E-state index contributed by atoms with van der Waals surface area (Å²) in [6.45, 7) is 39.8. The number of nitrogens with zero attached hydrogens (tertiary/aromatic N) is 5. The molecule has 3 unspecified atom stereocenters. The largest absolute Gasteiger partial charge is 0.354 e. The Hall–Kier alpha value is -8.56. The second kappa shape index (κ2) is 43.1. The van der Waals surface area contributed by atoms with Gasteiger partial charge >= 0.3 is 0 Å². The summed E-state index contributed by atoms with van der Waals surface area (Å²) in [5.41, 5.74) is -11.0. The zero-order valence-corrected chi connectivity index (χ0v) is 74.9. The van der Waals surface area contributed by atoms with Crippen LogP contribution in [-0.2, 0) is 76.7 Å². The molecule has 0 saturated carbocycles. The summed E-state index contributed by atoms with van der Waals surface area (Å²) in [6, 6.07) is -6.40. The summed E-state index contributed by atoms with van der Waals surface area (Å²) >= 11 is 0. The highest BCUT2D eigenvalue weighted by molar-refractivity contribution is 6.03. The van der Waals surface area contributed by atoms with Gasteiger partial charge in [-0.25, -0.2) is 0 Å². The van der Waals surface area contributed by atoms with Gasteiger partial charge in [-0.05, 0) is 223 Å². The molecule has 5 heterocycles. The van der Waals surface area contributed by atoms with E-state index >= 15 is 0 Å². The van der Waals surface area contributed by atoms with E-state index in [9.17, 15) is 76.7 Å². The molecule has 0 aromatic carbocycles. The maximum absolute atomic E-state index is 14.5. The predicted octanol–water partition coefficient (Wildman–Crippen LogP) is 2.43. The fourth-order valence-electron chi connectivity index (χ4n) is 15.9. The molecule has 0 aromatic rings. The fraction of sp³-hybridized carbons (Fsp3) is 0.810. The van der Waals surface area contributed by atoms with Crippen molar-refractivity contribution in [1.82, 2.24) is 93.6 Å². The molecule has 5 rings (SSSR count). The average molecular weight is 1660 g/mol. The van der Waals surface area contributed by atoms with Crippen LogP contribution in [0.15, 0.2) is 0 Å². The zero-order valence-electron chi connectivity index (χ0n) is 74.9. The van der Waals surface area contributed by atoms with Crippen molar-refractivity contribution in [2.24, 2.45) is 17.8 Å². The summed E-state index contributed by atoms with van der Waals surface area (Å²) in [4.78, 5) is 232. The molecule has 5 aliphatic rings. The molecule has 5 aliphatic heterocycles. The minimum atomic E-state index is -1.67. The van der Waals surface area contributed by atoms with Gasteiger partial charge in [0.15, 0.2) is 0 Å². The number of hydrogen-bond donors (Lipinski definition) is 13. The summed E-state index contributed by atoms with van der Waals surface area (Å²) in [6.07, 6.45) is 9.56. The molecule has 16 amide bonds. The lowest BCUT2D eigenvalue weighted by Gasteiger charge is -2.42. The van der Waals surface area contributed by atoms with Gasteiger partial charge in [-0.3, -0.25) is 86.5 Å². The molecule has 118 heavy (non-hydrogen) atoms. The summed E-state index contributed by atoms with van der Waals surface area (Å²) in [5.74, 6) is -9.58. The van der Waals surface area contributed by atoms with Crippen LogP contribution in [0, 0.1) is 17.8 Å². The first-order chi connectivity index (χ1) is 54.8. The third-order valence-corrected chi connectivity index (χ3v) is 23.8. The lowest BCUT2D eigenvalue weighted by molar-refractivity contribution is -0.151. The first-order valence-corrected chi connectivity index (χ1v) is 43.2. The van der Waals surface area contributed by atoms with E-state index in [1.54, 1.807) is 34.6 Å². The van der Waals surface area contributed by atoms with E-state index in [4.69, 9.17) is 0 Å². The number of likely N-dealkylation sites (tertiary alicyclic amines) is 3. The van der Waals surface area contributed by atoms with Crippen molar-refractivity contribution >= 4 is 94.5 Å². The minimum absolute atomic E-state index is 0.0486. The summed E-state index contributed by atoms with van der Waals surface area (Å²) in [7, 11) is 0. The standard InChI is InChI=1S/C84H146N18O16/c1-23-82(20,73(114)88-56(46-51(4)5)50-99-42-33-41-98-40-32-37-64(98)99)94-67(108)58(48-53(8)9)89-65(106)54(10)87-71(112)78(12,13)92-69(110)60-35-27-30-44-101(60)77(118)81(18,19)96-72(113)79(14,15)91-63(105)49-86-62(104)38-39-85-66(107)57(47-52(6)7)90-74(115)83(21,24-2)97-75(116)84(22,25-3)95-70(111)61-36-28-31-45-102(61)76(117)80(16,17)93-68(109)59-34-26-29-43-100(59)55(11)103/h51-54,56-61,64H,23-50H2,1-22H3,(H,85,107)(H,86,104)(H,87,112)(H,88,114)(H,89,106)(H,90,115)(H,91,105)(H,92,110)(H,93,109)(H,94,108)(H,95,111)(H,96,113)(H,97,116)/t54-,56?,57-,58?,59-,60-,61-,64?,82-,83-,84-/m0/s1. The highest BCUT2D eigenvalue weighted by Crippen LogP contribution is 2.30. The van der Waals surface area contributed by atoms with Crippen LogP contribution in [-0.4, -0.2) is 265 Å². The number of hydrogen-bond acceptors (Lipinski definition) is 18. The molecule has 0 aliphatic carbocycles. The van der Waals surface area contributed by atoms with Crippen LogP contribution < -0.4 is 69.1 Å². The summed E-state index contributed by atoms with van der Waals surface area (Å²) < 4.78 is 0. The molecule has 13 N–H and O–H groups in total. The highest BCUT2D eigenvalue weighted by atomic mass is 16.2. The Bertz CT molecular complexity index is 3600. The SMILES string of the molecule is CC[C@](C)(NC(=O)C(CC(C)C)NC(=O)[C@H](C)NC(=O)C(C)(C)NC(=O)[C@@H]1CCCCN1C(=O)C(C)(C)NC(=O)C(C)(C)NC(=O)CNC(=O)CCNC(=O)[C@H](CC(C)C)NC(=O)[C@](C)(CC)NC(=O)[C@](C)(CC)NC(=O)[C@@H]1CCCCN1C(=O)C(C)(C)NC(=O)[C@@H]1CCCCN1C(C)=O)C(=O)NC(CC(C)C)CN1CCCN2CCCC21. The van der Waals surface area contributed by atoms with Gasteiger partial charge in [0.25, 0.3) is 0 Å². The molecule has 0 bridgehead atoms. The third-order valence-electron chi connectivity index (χ3n) is 23.8. The van der Waals surface area contributed by atoms with Gasteiger partial charge < -0.3 is 83.8 Å². The number of rotatable bonds is 40. The number of fused-ring (bicyclic) bond motifs is 1. The second-order valence-electron chi connectivity index (χ2n) is 37.4. The molecule has 5 saturated heterocycles. The first kappa shape index (κ1) is 100. The van der Waals surface area contributed by atoms with Gasteiger partial charge in [-0.2, -0.15) is 0 Å². The van der Waals surface area contributed by atoms with E-state index < -0.39 is 164 Å². The van der Waals surface area contributed by atoms with Crippen LogP contribution in [0.3, 0.4) is 0 Å². The molecular formula is C84H146N18O16. The van der Waals surface area contributed by atoms with Gasteiger partial charge in [0.05, 0.1) is 12.7 Å². The molecular weight excluding hydrogens is 1520 g/mol. The first-order valence-electron chi connectivity index (χ1n) is 43.2. The van der Waals surface area contributed by atoms with E-state index in [0.29, 0.717) is 57.3 Å². The number of carbonyl (C=O) groups is 16. The van der Waals surface area contributed by atoms with Gasteiger partial charge in [-0.1, -0.05) is 62.3 Å². The Morgan fingerprint density at radius 3 is 1.34 bits per heavy atom. The van der Waals surface area contributed by atoms with Crippen molar-refractivity contribution in [3.8, 4) is 0 Å². The van der Waals surface area contributed by atoms with Crippen molar-refractivity contribution in [3.63, 3.8) is 0 Å². The smallest absolute Gasteiger partial charge is 0.248 e. The molecule has 34 heteroatoms. The van der Waals surface area contributed by atoms with Crippen LogP contribution in [0.5, 0.6) is 0 Å². The number of carbonyl (C=O) groups excluding carboxylic acids is 16. The van der Waals surface area contributed by atoms with Crippen molar-refractivity contribution in [2.45, 2.75) is 362 Å². The molecule has 34 nitrogen and oxygen atoms in total. The van der Waals surface area contributed by atoms with Crippen molar-refractivity contribution < 1.29 is 76.7 Å². The molecule has 5 fully saturated rings. The Balaban J connectivity index is 1.09. The van der Waals surface area contributed by atoms with Gasteiger partial charge in [-0.15, -0.1) is 0 Å². The van der Waals surface area contributed by atoms with Crippen LogP contribution in [0.1, 0.15) is 274 Å². The van der Waals surface area contributed by atoms with Gasteiger partial charge in [0.1, 0.15) is 75.0 Å². The van der Waals surface area contributed by atoms with E-state index in [1.807, 2.05) is 34.6 Å². The zero-order chi connectivity index (χ0) is 89.0. The third kappa shape index (κ3) is 27.7. The predicted molar refractivity (Wildman–Crippen MR) is 446 cm³/mol. The van der Waals surface area contributed by atoms with E-state index in [2.05, 4.69) is 92.8 Å². The van der Waals surface area contributed by atoms with E-state index in [-0.39, 0.29) is 101 Å². The van der Waals surface area contributed by atoms with Crippen LogP contribution in [0.25, 0.3) is 0 Å². The van der Waals surface area contributed by atoms with Crippen molar-refractivity contribution in [1.29, 1.82) is 0 Å². The quantitative estimate of drug-likeness (QED) is 0.0419. The topological polar surface area (TPSA) is 446 Å². The average Bonchev–Trinajstić information content (AvgIpc) is 0.983. The van der Waals surface area contributed by atoms with Crippen LogP contribution in [0.4, 0.5) is 0 Å². The van der Waals surface area contributed by atoms with E-state index in [0.717, 1.165) is 58.2 Å². The Labute approximate surface area is 700 Å². The van der Waals surface area contributed by atoms with E-state index in [1.165, 1.54) is 83.9 Å². The van der Waals surface area contributed by atoms with Gasteiger partial charge in [0.2, 0.25) is 94.5 Å². The lowest BCUT2D eigenvalue weighted by atomic mass is 9.90. The van der Waals surface area contributed by atoms with Gasteiger partial charge in [0, 0.05) is 65.2 Å². The molecule has 11 atom stereocenters. The highest BCUT2D eigenvalue weighted by Gasteiger charge is 2.49. The summed E-state index contributed by atoms with van der Waals surface area (Å²) in [5, 5.41) is 36.1. The van der Waals surface area contributed by atoms with Crippen molar-refractivity contribution in [2.75, 3.05) is 58.9 Å². The monoisotopic (exact) mass is 1660 g/mol. The maximum atomic E-state index is 14.5. The van der Waals surface area contributed by atoms with Crippen LogP contribution >= 0.6 is 0 Å². The molecule has 668 valence electrons. The van der Waals surface area contributed by atoms with Crippen LogP contribution in [0.2, 0.25) is 0 Å². The Morgan fingerprint density at radius 1 is 0.373 bits per heavy atom. The normalized spacial score (nSPS) is 20.9. The molecule has 0 radical (unpaired) electrons. The molecule has 0 aromatic heterocycles.